The standard InChI is InChI=1S/C9H11NO2S/c1-3-13(11,12)9-6-4-5-8(7-9)10-2/h3-7,10H,1H2,2H3. The summed E-state index contributed by atoms with van der Waals surface area (Å²) in [5.74, 6) is 0. The number of hydrogen-bond acceptors (Lipinski definition) is 3. The minimum absolute atomic E-state index is 0.259. The molecule has 0 spiro atoms. The van der Waals surface area contributed by atoms with Crippen molar-refractivity contribution in [3.8, 4) is 0 Å². The van der Waals surface area contributed by atoms with Crippen molar-refractivity contribution in [2.75, 3.05) is 12.4 Å². The monoisotopic (exact) mass is 197 g/mol. The Hall–Kier alpha value is -1.29. The van der Waals surface area contributed by atoms with Crippen LogP contribution >= 0.6 is 0 Å². The molecule has 3 nitrogen and oxygen atoms in total. The van der Waals surface area contributed by atoms with Crippen molar-refractivity contribution in [1.29, 1.82) is 0 Å². The molecule has 0 aromatic heterocycles. The summed E-state index contributed by atoms with van der Waals surface area (Å²) in [6.45, 7) is 3.26. The van der Waals surface area contributed by atoms with Gasteiger partial charge >= 0.3 is 0 Å². The van der Waals surface area contributed by atoms with Gasteiger partial charge in [0.1, 0.15) is 0 Å². The molecule has 0 amide bonds. The molecular formula is C9H11NO2S. The van der Waals surface area contributed by atoms with Crippen LogP contribution in [0.3, 0.4) is 0 Å². The maximum atomic E-state index is 11.3. The summed E-state index contributed by atoms with van der Waals surface area (Å²) in [4.78, 5) is 0.259. The predicted octanol–water partition coefficient (Wildman–Crippen LogP) is 1.65. The van der Waals surface area contributed by atoms with Crippen LogP contribution in [0.5, 0.6) is 0 Å². The third-order valence-electron chi connectivity index (χ3n) is 1.67. The summed E-state index contributed by atoms with van der Waals surface area (Å²) in [6, 6.07) is 6.58. The lowest BCUT2D eigenvalue weighted by molar-refractivity contribution is 0.605. The molecule has 13 heavy (non-hydrogen) atoms. The first-order valence-electron chi connectivity index (χ1n) is 3.75. The van der Waals surface area contributed by atoms with E-state index in [0.29, 0.717) is 0 Å². The average molecular weight is 197 g/mol. The number of sulfone groups is 1. The first-order valence-corrected chi connectivity index (χ1v) is 5.30. The second kappa shape index (κ2) is 3.62. The molecule has 4 heteroatoms. The van der Waals surface area contributed by atoms with E-state index in [-0.39, 0.29) is 4.90 Å². The molecule has 1 aromatic rings. The highest BCUT2D eigenvalue weighted by Crippen LogP contribution is 2.16. The van der Waals surface area contributed by atoms with Crippen molar-refractivity contribution >= 4 is 15.5 Å². The molecule has 0 saturated heterocycles. The highest BCUT2D eigenvalue weighted by Gasteiger charge is 2.08. The normalized spacial score (nSPS) is 10.8. The van der Waals surface area contributed by atoms with Crippen LogP contribution in [0.2, 0.25) is 0 Å². The predicted molar refractivity (Wildman–Crippen MR) is 53.4 cm³/mol. The first kappa shape index (κ1) is 9.80. The van der Waals surface area contributed by atoms with Crippen molar-refractivity contribution in [2.45, 2.75) is 4.90 Å². The Labute approximate surface area is 78.0 Å². The van der Waals surface area contributed by atoms with Crippen LogP contribution < -0.4 is 5.32 Å². The summed E-state index contributed by atoms with van der Waals surface area (Å²) in [6.07, 6.45) is 0. The van der Waals surface area contributed by atoms with Gasteiger partial charge in [0, 0.05) is 18.1 Å². The van der Waals surface area contributed by atoms with Crippen molar-refractivity contribution in [2.24, 2.45) is 0 Å². The lowest BCUT2D eigenvalue weighted by Crippen LogP contribution is -1.96. The first-order chi connectivity index (χ1) is 6.10. The number of rotatable bonds is 3. The molecule has 0 atom stereocenters. The molecular weight excluding hydrogens is 186 g/mol. The minimum atomic E-state index is -3.31. The molecule has 0 aliphatic carbocycles. The van der Waals surface area contributed by atoms with E-state index in [4.69, 9.17) is 0 Å². The van der Waals surface area contributed by atoms with E-state index in [1.807, 2.05) is 0 Å². The van der Waals surface area contributed by atoms with Crippen LogP contribution in [-0.4, -0.2) is 15.5 Å². The second-order valence-corrected chi connectivity index (χ2v) is 4.38. The van der Waals surface area contributed by atoms with Gasteiger partial charge in [-0.2, -0.15) is 0 Å². The zero-order valence-electron chi connectivity index (χ0n) is 7.32. The highest BCUT2D eigenvalue weighted by atomic mass is 32.2. The van der Waals surface area contributed by atoms with Crippen LogP contribution in [0.15, 0.2) is 41.1 Å². The number of nitrogens with one attached hydrogen (secondary N) is 1. The van der Waals surface area contributed by atoms with Crippen molar-refractivity contribution < 1.29 is 8.42 Å². The Bertz CT molecular complexity index is 409. The Morgan fingerprint density at radius 3 is 2.69 bits per heavy atom. The van der Waals surface area contributed by atoms with Crippen molar-refractivity contribution in [3.63, 3.8) is 0 Å². The molecule has 1 N–H and O–H groups in total. The zero-order valence-corrected chi connectivity index (χ0v) is 8.14. The van der Waals surface area contributed by atoms with E-state index in [0.717, 1.165) is 11.1 Å². The van der Waals surface area contributed by atoms with Gasteiger partial charge < -0.3 is 5.32 Å². The van der Waals surface area contributed by atoms with Gasteiger partial charge in [-0.3, -0.25) is 0 Å². The van der Waals surface area contributed by atoms with Gasteiger partial charge in [0.15, 0.2) is 9.84 Å². The van der Waals surface area contributed by atoms with E-state index in [1.165, 1.54) is 6.07 Å². The molecule has 0 heterocycles. The maximum absolute atomic E-state index is 11.3. The van der Waals surface area contributed by atoms with Gasteiger partial charge in [-0.15, -0.1) is 0 Å². The van der Waals surface area contributed by atoms with Crippen LogP contribution in [0, 0.1) is 0 Å². The summed E-state index contributed by atoms with van der Waals surface area (Å²) in [5.41, 5.74) is 0.767. The van der Waals surface area contributed by atoms with E-state index < -0.39 is 9.84 Å². The Balaban J connectivity index is 3.24. The van der Waals surface area contributed by atoms with E-state index in [2.05, 4.69) is 11.9 Å². The average Bonchev–Trinajstić information content (AvgIpc) is 2.18. The molecule has 0 unspecified atom stereocenters. The van der Waals surface area contributed by atoms with E-state index in [9.17, 15) is 8.42 Å². The second-order valence-electron chi connectivity index (χ2n) is 2.49. The quantitative estimate of drug-likeness (QED) is 0.801. The lowest BCUT2D eigenvalue weighted by atomic mass is 10.3. The smallest absolute Gasteiger partial charge is 0.199 e. The summed E-state index contributed by atoms with van der Waals surface area (Å²) in [7, 11) is -1.57. The maximum Gasteiger partial charge on any atom is 0.199 e. The Morgan fingerprint density at radius 1 is 1.46 bits per heavy atom. The molecule has 0 radical (unpaired) electrons. The zero-order chi connectivity index (χ0) is 9.90. The molecule has 0 fully saturated rings. The number of anilines is 1. The minimum Gasteiger partial charge on any atom is -0.388 e. The number of benzene rings is 1. The summed E-state index contributed by atoms with van der Waals surface area (Å²) in [5, 5.41) is 3.81. The fraction of sp³-hybridized carbons (Fsp3) is 0.111. The molecule has 1 aromatic carbocycles. The summed E-state index contributed by atoms with van der Waals surface area (Å²) >= 11 is 0. The van der Waals surface area contributed by atoms with Gasteiger partial charge in [0.2, 0.25) is 0 Å². The fourth-order valence-electron chi connectivity index (χ4n) is 0.925. The third kappa shape index (κ3) is 2.09. The van der Waals surface area contributed by atoms with Gasteiger partial charge in [-0.05, 0) is 18.2 Å². The van der Waals surface area contributed by atoms with Crippen molar-refractivity contribution in [3.05, 3.63) is 36.3 Å². The Morgan fingerprint density at radius 2 is 2.15 bits per heavy atom. The van der Waals surface area contributed by atoms with Gasteiger partial charge in [0.05, 0.1) is 4.90 Å². The molecule has 0 aliphatic heterocycles. The largest absolute Gasteiger partial charge is 0.388 e. The van der Waals surface area contributed by atoms with Crippen molar-refractivity contribution in [1.82, 2.24) is 0 Å². The van der Waals surface area contributed by atoms with Crippen LogP contribution in [0.25, 0.3) is 0 Å². The Kier molecular flexibility index (Phi) is 2.72. The highest BCUT2D eigenvalue weighted by molar-refractivity contribution is 7.94. The topological polar surface area (TPSA) is 46.2 Å². The van der Waals surface area contributed by atoms with E-state index in [1.54, 1.807) is 25.2 Å². The molecule has 0 aliphatic rings. The van der Waals surface area contributed by atoms with E-state index >= 15 is 0 Å². The summed E-state index contributed by atoms with van der Waals surface area (Å²) < 4.78 is 22.6. The van der Waals surface area contributed by atoms with Gasteiger partial charge in [0.25, 0.3) is 0 Å². The van der Waals surface area contributed by atoms with Crippen LogP contribution in [-0.2, 0) is 9.84 Å². The van der Waals surface area contributed by atoms with Crippen LogP contribution in [0.4, 0.5) is 5.69 Å². The fourth-order valence-corrected chi connectivity index (χ4v) is 1.68. The molecule has 1 rings (SSSR count). The van der Waals surface area contributed by atoms with Gasteiger partial charge in [-0.1, -0.05) is 12.6 Å². The SMILES string of the molecule is C=CS(=O)(=O)c1cccc(NC)c1. The third-order valence-corrected chi connectivity index (χ3v) is 3.02. The molecule has 0 saturated carbocycles. The van der Waals surface area contributed by atoms with Crippen LogP contribution in [0.1, 0.15) is 0 Å². The number of hydrogen-bond donors (Lipinski definition) is 1. The molecule has 0 bridgehead atoms. The lowest BCUT2D eigenvalue weighted by Gasteiger charge is -2.02. The van der Waals surface area contributed by atoms with Gasteiger partial charge in [-0.25, -0.2) is 8.42 Å². The molecule has 70 valence electrons.